The molecule has 0 saturated heterocycles. The second-order valence-electron chi connectivity index (χ2n) is 8.89. The molecule has 9 nitrogen and oxygen atoms in total. The molecule has 0 saturated carbocycles. The van der Waals surface area contributed by atoms with Gasteiger partial charge in [-0.05, 0) is 13.3 Å². The maximum atomic E-state index is 10.3. The van der Waals surface area contributed by atoms with Crippen LogP contribution in [-0.4, -0.2) is 114 Å². The molecule has 0 fully saturated rings. The fourth-order valence-corrected chi connectivity index (χ4v) is 3.32. The standard InChI is InChI=1S/C18H36O2.C6H14O6.C2H6O.Mg.2H/c1-2-3-4-5-6-7-8-9-10-11-12-13-14-15-16-17-18(19)20;7-1-3(9)5(11)6(12)4(10)2-8;1-2-3;;;/h2-17H2,1H3,(H,19,20);3-12H,1-2H2;3H,2H2,1H3;;;/q;;;+2;2*-1/t;3-,4+,5-,6-;;;;/m.1..../s1. The minimum atomic E-state index is -1.67. The molecule has 0 heterocycles. The first-order chi connectivity index (χ1) is 16.7. The Morgan fingerprint density at radius 2 is 0.833 bits per heavy atom. The second-order valence-corrected chi connectivity index (χ2v) is 8.89. The van der Waals surface area contributed by atoms with E-state index in [9.17, 15) is 4.79 Å². The summed E-state index contributed by atoms with van der Waals surface area (Å²) in [6.07, 6.45) is 13.8. The van der Waals surface area contributed by atoms with Crippen molar-refractivity contribution in [1.29, 1.82) is 0 Å². The van der Waals surface area contributed by atoms with Gasteiger partial charge in [-0.3, -0.25) is 4.79 Å². The summed E-state index contributed by atoms with van der Waals surface area (Å²) in [5.41, 5.74) is 0. The van der Waals surface area contributed by atoms with Gasteiger partial charge in [0.05, 0.1) is 13.2 Å². The molecular formula is C26H58MgO9. The third-order valence-electron chi connectivity index (χ3n) is 5.51. The molecule has 4 atom stereocenters. The van der Waals surface area contributed by atoms with Crippen LogP contribution in [0.15, 0.2) is 0 Å². The van der Waals surface area contributed by atoms with Crippen molar-refractivity contribution in [2.24, 2.45) is 0 Å². The third kappa shape index (κ3) is 34.0. The summed E-state index contributed by atoms with van der Waals surface area (Å²) >= 11 is 0. The van der Waals surface area contributed by atoms with Gasteiger partial charge in [0.25, 0.3) is 0 Å². The number of rotatable bonds is 21. The molecule has 0 aromatic carbocycles. The van der Waals surface area contributed by atoms with Crippen LogP contribution in [-0.2, 0) is 4.79 Å². The van der Waals surface area contributed by atoms with E-state index < -0.39 is 43.6 Å². The van der Waals surface area contributed by atoms with Crippen LogP contribution in [0.25, 0.3) is 0 Å². The number of hydrogen-bond donors (Lipinski definition) is 8. The molecule has 0 radical (unpaired) electrons. The Bertz CT molecular complexity index is 414. The van der Waals surface area contributed by atoms with Gasteiger partial charge in [-0.15, -0.1) is 0 Å². The van der Waals surface area contributed by atoms with Crippen LogP contribution in [0, 0.1) is 0 Å². The normalized spacial score (nSPS) is 13.7. The summed E-state index contributed by atoms with van der Waals surface area (Å²) in [4.78, 5) is 10.3. The predicted molar refractivity (Wildman–Crippen MR) is 146 cm³/mol. The van der Waals surface area contributed by atoms with Gasteiger partial charge < -0.3 is 43.7 Å². The van der Waals surface area contributed by atoms with Crippen LogP contribution < -0.4 is 0 Å². The molecule has 0 amide bonds. The molecule has 36 heavy (non-hydrogen) atoms. The quantitative estimate of drug-likeness (QED) is 0.0805. The molecule has 0 bridgehead atoms. The molecule has 0 unspecified atom stereocenters. The zero-order chi connectivity index (χ0) is 27.3. The topological polar surface area (TPSA) is 179 Å². The van der Waals surface area contributed by atoms with E-state index in [4.69, 9.17) is 40.9 Å². The molecule has 0 rings (SSSR count). The van der Waals surface area contributed by atoms with Crippen molar-refractivity contribution in [2.75, 3.05) is 19.8 Å². The average molecular weight is 539 g/mol. The van der Waals surface area contributed by atoms with E-state index in [0.29, 0.717) is 6.42 Å². The number of carboxylic acids is 1. The SMILES string of the molecule is CCCCCCCCCCCCCCCCCC(=O)O.CCO.OC[C@@H](O)[C@@H](O)[C@H](O)[C@@H](O)CO.[H-].[H-].[Mg+2]. The maximum Gasteiger partial charge on any atom is 2.00 e. The molecule has 10 heteroatoms. The zero-order valence-electron chi connectivity index (χ0n) is 24.9. The maximum absolute atomic E-state index is 10.3. The second kappa shape index (κ2) is 35.0. The number of aliphatic carboxylic acids is 1. The summed E-state index contributed by atoms with van der Waals surface area (Å²) in [7, 11) is 0. The molecule has 0 aromatic rings. The minimum absolute atomic E-state index is 0. The number of aliphatic hydroxyl groups excluding tert-OH is 7. The van der Waals surface area contributed by atoms with Gasteiger partial charge in [0, 0.05) is 13.0 Å². The monoisotopic (exact) mass is 538 g/mol. The Hall–Kier alpha value is -0.0438. The van der Waals surface area contributed by atoms with Gasteiger partial charge >= 0.3 is 29.0 Å². The van der Waals surface area contributed by atoms with Gasteiger partial charge in [-0.2, -0.15) is 0 Å². The van der Waals surface area contributed by atoms with E-state index in [-0.39, 0.29) is 32.5 Å². The van der Waals surface area contributed by atoms with Crippen molar-refractivity contribution in [1.82, 2.24) is 0 Å². The number of carbonyl (C=O) groups is 1. The number of hydrogen-bond acceptors (Lipinski definition) is 8. The number of unbranched alkanes of at least 4 members (excludes halogenated alkanes) is 14. The molecule has 0 aliphatic rings. The Morgan fingerprint density at radius 3 is 1.06 bits per heavy atom. The van der Waals surface area contributed by atoms with Crippen molar-refractivity contribution in [3.63, 3.8) is 0 Å². The summed E-state index contributed by atoms with van der Waals surface area (Å²) in [5, 5.41) is 68.3. The van der Waals surface area contributed by atoms with Crippen LogP contribution in [0.5, 0.6) is 0 Å². The fourth-order valence-electron chi connectivity index (χ4n) is 3.32. The first kappa shape index (κ1) is 43.0. The molecule has 0 spiro atoms. The van der Waals surface area contributed by atoms with E-state index in [1.54, 1.807) is 6.92 Å². The van der Waals surface area contributed by atoms with E-state index in [1.807, 2.05) is 0 Å². The summed E-state index contributed by atoms with van der Waals surface area (Å²) in [6.45, 7) is 2.75. The summed E-state index contributed by atoms with van der Waals surface area (Å²) < 4.78 is 0. The molecule has 0 aromatic heterocycles. The zero-order valence-corrected chi connectivity index (χ0v) is 24.4. The Balaban J connectivity index is -0.000000123. The summed E-state index contributed by atoms with van der Waals surface area (Å²) in [5.74, 6) is -0.653. The van der Waals surface area contributed by atoms with Gasteiger partial charge in [0.1, 0.15) is 24.4 Å². The van der Waals surface area contributed by atoms with E-state index in [0.717, 1.165) is 12.8 Å². The molecule has 218 valence electrons. The van der Waals surface area contributed by atoms with Gasteiger partial charge in [-0.25, -0.2) is 0 Å². The van der Waals surface area contributed by atoms with Crippen molar-refractivity contribution in [2.45, 2.75) is 141 Å². The minimum Gasteiger partial charge on any atom is -1.00 e. The van der Waals surface area contributed by atoms with Crippen molar-refractivity contribution >= 4 is 29.0 Å². The smallest absolute Gasteiger partial charge is 1.00 e. The largest absolute Gasteiger partial charge is 2.00 e. The summed E-state index contributed by atoms with van der Waals surface area (Å²) in [6, 6.07) is 0. The molecule has 0 aliphatic carbocycles. The van der Waals surface area contributed by atoms with E-state index >= 15 is 0 Å². The van der Waals surface area contributed by atoms with Gasteiger partial charge in [0.15, 0.2) is 0 Å². The number of carboxylic acid groups (broad SMARTS) is 1. The van der Waals surface area contributed by atoms with Gasteiger partial charge in [0.2, 0.25) is 0 Å². The van der Waals surface area contributed by atoms with Crippen molar-refractivity contribution < 1.29 is 48.5 Å². The Labute approximate surface area is 238 Å². The van der Waals surface area contributed by atoms with Crippen LogP contribution in [0.4, 0.5) is 0 Å². The fraction of sp³-hybridized carbons (Fsp3) is 0.962. The van der Waals surface area contributed by atoms with Gasteiger partial charge in [-0.1, -0.05) is 96.8 Å². The van der Waals surface area contributed by atoms with Crippen molar-refractivity contribution in [3.05, 3.63) is 0 Å². The van der Waals surface area contributed by atoms with Crippen LogP contribution in [0.3, 0.4) is 0 Å². The van der Waals surface area contributed by atoms with Crippen LogP contribution in [0.2, 0.25) is 0 Å². The first-order valence-corrected chi connectivity index (χ1v) is 13.5. The molecule has 8 N–H and O–H groups in total. The van der Waals surface area contributed by atoms with Crippen LogP contribution in [0.1, 0.15) is 119 Å². The molecular weight excluding hydrogens is 481 g/mol. The number of aliphatic hydroxyl groups is 7. The van der Waals surface area contributed by atoms with E-state index in [2.05, 4.69) is 6.92 Å². The van der Waals surface area contributed by atoms with Crippen molar-refractivity contribution in [3.8, 4) is 0 Å². The molecule has 0 aliphatic heterocycles. The predicted octanol–water partition coefficient (Wildman–Crippen LogP) is 2.59. The van der Waals surface area contributed by atoms with E-state index in [1.165, 1.54) is 83.5 Å². The Kier molecular flexibility index (Phi) is 41.8. The third-order valence-corrected chi connectivity index (χ3v) is 5.51. The average Bonchev–Trinajstić information content (AvgIpc) is 2.85. The Morgan fingerprint density at radius 1 is 0.583 bits per heavy atom. The van der Waals surface area contributed by atoms with Crippen LogP contribution >= 0.6 is 0 Å². The first-order valence-electron chi connectivity index (χ1n) is 13.5.